The molecule has 4 rings (SSSR count). The number of hydrogen-bond donors (Lipinski definition) is 2. The van der Waals surface area contributed by atoms with Crippen molar-refractivity contribution in [3.05, 3.63) is 78.4 Å². The summed E-state index contributed by atoms with van der Waals surface area (Å²) >= 11 is 4.33. The van der Waals surface area contributed by atoms with E-state index in [-0.39, 0.29) is 5.91 Å². The molecule has 1 heterocycles. The summed E-state index contributed by atoms with van der Waals surface area (Å²) in [5.41, 5.74) is 9.90. The van der Waals surface area contributed by atoms with Crippen molar-refractivity contribution >= 4 is 47.0 Å². The van der Waals surface area contributed by atoms with Crippen LogP contribution in [0.5, 0.6) is 0 Å². The number of amides is 1. The van der Waals surface area contributed by atoms with E-state index < -0.39 is 0 Å². The van der Waals surface area contributed by atoms with Crippen LogP contribution in [0.3, 0.4) is 0 Å². The fraction of sp³-hybridized carbons (Fsp3) is 0. The number of carbonyl (C=O) groups is 1. The van der Waals surface area contributed by atoms with E-state index in [4.69, 9.17) is 5.73 Å². The Labute approximate surface area is 151 Å². The number of benzene rings is 3. The Morgan fingerprint density at radius 1 is 0.920 bits per heavy atom. The number of para-hydroxylation sites is 2. The molecule has 1 aliphatic heterocycles. The molecule has 122 valence electrons. The highest BCUT2D eigenvalue weighted by atomic mass is 32.1. The SMILES string of the molecule is Nc1ccc(/N=C2\C(=O)N(c3ccccc3)c3ccccc32)cc1S. The van der Waals surface area contributed by atoms with Gasteiger partial charge in [0.15, 0.2) is 0 Å². The fourth-order valence-electron chi connectivity index (χ4n) is 2.87. The third-order valence-corrected chi connectivity index (χ3v) is 4.46. The minimum Gasteiger partial charge on any atom is -0.398 e. The molecule has 0 radical (unpaired) electrons. The molecule has 0 fully saturated rings. The lowest BCUT2D eigenvalue weighted by atomic mass is 10.1. The highest BCUT2D eigenvalue weighted by Gasteiger charge is 2.34. The van der Waals surface area contributed by atoms with Crippen LogP contribution in [0, 0.1) is 0 Å². The van der Waals surface area contributed by atoms with Gasteiger partial charge in [0, 0.05) is 21.8 Å². The maximum Gasteiger partial charge on any atom is 0.282 e. The number of aliphatic imine (C=N–C) groups is 1. The first-order valence-electron chi connectivity index (χ1n) is 7.81. The molecule has 4 nitrogen and oxygen atoms in total. The average Bonchev–Trinajstić information content (AvgIpc) is 2.91. The highest BCUT2D eigenvalue weighted by molar-refractivity contribution is 7.80. The summed E-state index contributed by atoms with van der Waals surface area (Å²) in [5.74, 6) is -0.148. The van der Waals surface area contributed by atoms with Crippen LogP contribution in [-0.4, -0.2) is 11.6 Å². The predicted octanol–water partition coefficient (Wildman–Crippen LogP) is 4.36. The van der Waals surface area contributed by atoms with Gasteiger partial charge in [0.05, 0.1) is 11.4 Å². The number of hydrogen-bond acceptors (Lipinski definition) is 4. The summed E-state index contributed by atoms with van der Waals surface area (Å²) in [7, 11) is 0. The molecule has 0 aromatic heterocycles. The lowest BCUT2D eigenvalue weighted by Gasteiger charge is -2.16. The summed E-state index contributed by atoms with van der Waals surface area (Å²) in [6.07, 6.45) is 0. The van der Waals surface area contributed by atoms with E-state index in [1.807, 2.05) is 54.6 Å². The van der Waals surface area contributed by atoms with E-state index in [1.165, 1.54) is 0 Å². The van der Waals surface area contributed by atoms with Crippen molar-refractivity contribution < 1.29 is 4.79 Å². The minimum atomic E-state index is -0.148. The molecule has 0 saturated carbocycles. The molecular formula is C20H15N3OS. The van der Waals surface area contributed by atoms with Crippen LogP contribution < -0.4 is 10.6 Å². The standard InChI is InChI=1S/C20H15N3OS/c21-16-11-10-13(12-18(16)25)22-19-15-8-4-5-9-17(15)23(20(19)24)14-6-2-1-3-7-14/h1-12,25H,21H2/b22-19-. The van der Waals surface area contributed by atoms with E-state index >= 15 is 0 Å². The zero-order valence-corrected chi connectivity index (χ0v) is 14.1. The number of rotatable bonds is 2. The maximum absolute atomic E-state index is 13.1. The number of nitrogens with two attached hydrogens (primary N) is 1. The number of nitrogen functional groups attached to an aromatic ring is 1. The Hall–Kier alpha value is -3.05. The Morgan fingerprint density at radius 2 is 1.64 bits per heavy atom. The van der Waals surface area contributed by atoms with Gasteiger partial charge in [-0.05, 0) is 36.4 Å². The van der Waals surface area contributed by atoms with Gasteiger partial charge in [-0.2, -0.15) is 0 Å². The van der Waals surface area contributed by atoms with Crippen LogP contribution >= 0.6 is 12.6 Å². The summed E-state index contributed by atoms with van der Waals surface area (Å²) in [4.78, 5) is 20.0. The molecule has 3 aromatic carbocycles. The number of thiol groups is 1. The molecular weight excluding hydrogens is 330 g/mol. The van der Waals surface area contributed by atoms with Gasteiger partial charge < -0.3 is 5.73 Å². The monoisotopic (exact) mass is 345 g/mol. The second kappa shape index (κ2) is 6.11. The van der Waals surface area contributed by atoms with Gasteiger partial charge in [-0.15, -0.1) is 12.6 Å². The van der Waals surface area contributed by atoms with Crippen molar-refractivity contribution in [2.75, 3.05) is 10.6 Å². The van der Waals surface area contributed by atoms with E-state index in [0.29, 0.717) is 22.0 Å². The third kappa shape index (κ3) is 2.68. The number of anilines is 3. The molecule has 0 unspecified atom stereocenters. The number of carbonyl (C=O) groups excluding carboxylic acids is 1. The first-order chi connectivity index (χ1) is 12.1. The number of fused-ring (bicyclic) bond motifs is 1. The molecule has 0 bridgehead atoms. The van der Waals surface area contributed by atoms with Crippen molar-refractivity contribution in [1.82, 2.24) is 0 Å². The van der Waals surface area contributed by atoms with Crippen molar-refractivity contribution in [3.8, 4) is 0 Å². The van der Waals surface area contributed by atoms with Crippen LogP contribution in [0.25, 0.3) is 0 Å². The van der Waals surface area contributed by atoms with Gasteiger partial charge in [0.25, 0.3) is 5.91 Å². The summed E-state index contributed by atoms with van der Waals surface area (Å²) in [6.45, 7) is 0. The van der Waals surface area contributed by atoms with Gasteiger partial charge in [-0.1, -0.05) is 36.4 Å². The van der Waals surface area contributed by atoms with Crippen molar-refractivity contribution in [2.45, 2.75) is 4.90 Å². The quantitative estimate of drug-likeness (QED) is 0.536. The Balaban J connectivity index is 1.85. The van der Waals surface area contributed by atoms with Crippen molar-refractivity contribution in [1.29, 1.82) is 0 Å². The Morgan fingerprint density at radius 3 is 2.40 bits per heavy atom. The van der Waals surface area contributed by atoms with Gasteiger partial charge in [0.1, 0.15) is 5.71 Å². The van der Waals surface area contributed by atoms with Crippen LogP contribution in [0.2, 0.25) is 0 Å². The molecule has 1 aliphatic rings. The average molecular weight is 345 g/mol. The van der Waals surface area contributed by atoms with E-state index in [2.05, 4.69) is 17.6 Å². The zero-order chi connectivity index (χ0) is 17.4. The molecule has 5 heteroatoms. The first-order valence-corrected chi connectivity index (χ1v) is 8.26. The topological polar surface area (TPSA) is 58.7 Å². The van der Waals surface area contributed by atoms with Crippen molar-refractivity contribution in [3.63, 3.8) is 0 Å². The smallest absolute Gasteiger partial charge is 0.282 e. The van der Waals surface area contributed by atoms with Gasteiger partial charge >= 0.3 is 0 Å². The Bertz CT molecular complexity index is 999. The maximum atomic E-state index is 13.1. The van der Waals surface area contributed by atoms with E-state index in [9.17, 15) is 4.79 Å². The molecule has 2 N–H and O–H groups in total. The van der Waals surface area contributed by atoms with Crippen LogP contribution in [0.4, 0.5) is 22.7 Å². The lowest BCUT2D eigenvalue weighted by molar-refractivity contribution is -0.111. The van der Waals surface area contributed by atoms with E-state index in [0.717, 1.165) is 16.9 Å². The molecule has 1 amide bonds. The molecule has 3 aromatic rings. The van der Waals surface area contributed by atoms with Gasteiger partial charge in [-0.3, -0.25) is 9.69 Å². The van der Waals surface area contributed by atoms with Crippen LogP contribution in [0.15, 0.2) is 82.7 Å². The highest BCUT2D eigenvalue weighted by Crippen LogP contribution is 2.36. The van der Waals surface area contributed by atoms with E-state index in [1.54, 1.807) is 23.1 Å². The summed E-state index contributed by atoms with van der Waals surface area (Å²) in [5, 5.41) is 0. The second-order valence-corrected chi connectivity index (χ2v) is 6.18. The summed E-state index contributed by atoms with van der Waals surface area (Å²) < 4.78 is 0. The lowest BCUT2D eigenvalue weighted by Crippen LogP contribution is -2.25. The minimum absolute atomic E-state index is 0.148. The van der Waals surface area contributed by atoms with Crippen LogP contribution in [-0.2, 0) is 4.79 Å². The van der Waals surface area contributed by atoms with Crippen molar-refractivity contribution in [2.24, 2.45) is 4.99 Å². The number of nitrogens with zero attached hydrogens (tertiary/aromatic N) is 2. The zero-order valence-electron chi connectivity index (χ0n) is 13.3. The molecule has 0 saturated heterocycles. The largest absolute Gasteiger partial charge is 0.398 e. The molecule has 0 atom stereocenters. The first kappa shape index (κ1) is 15.5. The van der Waals surface area contributed by atoms with Gasteiger partial charge in [0.2, 0.25) is 0 Å². The Kier molecular flexibility index (Phi) is 3.78. The molecule has 0 spiro atoms. The normalized spacial score (nSPS) is 14.8. The summed E-state index contributed by atoms with van der Waals surface area (Å²) in [6, 6.07) is 22.5. The fourth-order valence-corrected chi connectivity index (χ4v) is 3.08. The van der Waals surface area contributed by atoms with Crippen LogP contribution in [0.1, 0.15) is 5.56 Å². The molecule has 0 aliphatic carbocycles. The molecule has 25 heavy (non-hydrogen) atoms. The van der Waals surface area contributed by atoms with Gasteiger partial charge in [-0.25, -0.2) is 4.99 Å². The second-order valence-electron chi connectivity index (χ2n) is 5.70. The third-order valence-electron chi connectivity index (χ3n) is 4.08. The predicted molar refractivity (Wildman–Crippen MR) is 104 cm³/mol.